The molecule has 1 aromatic carbocycles. The molecule has 1 rings (SSSR count). The second kappa shape index (κ2) is 6.38. The highest BCUT2D eigenvalue weighted by Crippen LogP contribution is 2.21. The normalized spacial score (nSPS) is 13.4. The summed E-state index contributed by atoms with van der Waals surface area (Å²) in [6.45, 7) is 6.98. The lowest BCUT2D eigenvalue weighted by molar-refractivity contribution is -0.141. The Morgan fingerprint density at radius 2 is 1.65 bits per heavy atom. The van der Waals surface area contributed by atoms with Crippen molar-refractivity contribution in [2.24, 2.45) is 0 Å². The SMILES string of the molecule is Cc1cc(C)c(NC(=O)N[C@H](C(=O)O)[C@@H](C)O)c(C)c1. The molecule has 0 aliphatic heterocycles. The molecule has 0 aliphatic carbocycles. The Hall–Kier alpha value is -2.08. The van der Waals surface area contributed by atoms with Crippen LogP contribution in [0.4, 0.5) is 10.5 Å². The lowest BCUT2D eigenvalue weighted by Crippen LogP contribution is -2.49. The Bertz CT molecular complexity index is 503. The molecular weight excluding hydrogens is 260 g/mol. The van der Waals surface area contributed by atoms with E-state index in [1.54, 1.807) is 0 Å². The first kappa shape index (κ1) is 16.0. The Balaban J connectivity index is 2.84. The first-order valence-corrected chi connectivity index (χ1v) is 6.28. The van der Waals surface area contributed by atoms with E-state index in [4.69, 9.17) is 5.11 Å². The molecule has 0 radical (unpaired) electrons. The summed E-state index contributed by atoms with van der Waals surface area (Å²) in [5.74, 6) is -1.28. The van der Waals surface area contributed by atoms with Crippen LogP contribution in [-0.4, -0.2) is 34.4 Å². The van der Waals surface area contributed by atoms with E-state index in [1.165, 1.54) is 6.92 Å². The van der Waals surface area contributed by atoms with Gasteiger partial charge in [0.15, 0.2) is 6.04 Å². The van der Waals surface area contributed by atoms with Crippen molar-refractivity contribution in [1.29, 1.82) is 0 Å². The molecule has 0 saturated heterocycles. The monoisotopic (exact) mass is 280 g/mol. The Kier molecular flexibility index (Phi) is 5.10. The smallest absolute Gasteiger partial charge is 0.328 e. The number of hydrogen-bond donors (Lipinski definition) is 4. The van der Waals surface area contributed by atoms with Gasteiger partial charge in [-0.15, -0.1) is 0 Å². The molecule has 0 fully saturated rings. The van der Waals surface area contributed by atoms with Gasteiger partial charge in [0.25, 0.3) is 0 Å². The van der Waals surface area contributed by atoms with E-state index in [9.17, 15) is 14.7 Å². The number of benzene rings is 1. The number of hydrogen-bond acceptors (Lipinski definition) is 3. The zero-order valence-electron chi connectivity index (χ0n) is 12.0. The van der Waals surface area contributed by atoms with Gasteiger partial charge < -0.3 is 20.8 Å². The van der Waals surface area contributed by atoms with Gasteiger partial charge >= 0.3 is 12.0 Å². The lowest BCUT2D eigenvalue weighted by atomic mass is 10.1. The molecule has 0 aromatic heterocycles. The number of carboxylic acids is 1. The number of carbonyl (C=O) groups excluding carboxylic acids is 1. The number of carbonyl (C=O) groups is 2. The van der Waals surface area contributed by atoms with Crippen molar-refractivity contribution >= 4 is 17.7 Å². The number of aliphatic hydroxyl groups is 1. The minimum atomic E-state index is -1.35. The van der Waals surface area contributed by atoms with Crippen LogP contribution in [0.2, 0.25) is 0 Å². The number of aliphatic hydroxyl groups excluding tert-OH is 1. The summed E-state index contributed by atoms with van der Waals surface area (Å²) in [5, 5.41) is 23.1. The van der Waals surface area contributed by atoms with Gasteiger partial charge in [-0.05, 0) is 38.8 Å². The summed E-state index contributed by atoms with van der Waals surface area (Å²) in [5.41, 5.74) is 3.50. The van der Waals surface area contributed by atoms with E-state index in [0.717, 1.165) is 16.7 Å². The lowest BCUT2D eigenvalue weighted by Gasteiger charge is -2.19. The number of aliphatic carboxylic acids is 1. The highest BCUT2D eigenvalue weighted by Gasteiger charge is 2.25. The minimum Gasteiger partial charge on any atom is -0.480 e. The zero-order chi connectivity index (χ0) is 15.4. The van der Waals surface area contributed by atoms with Crippen LogP contribution in [0.25, 0.3) is 0 Å². The van der Waals surface area contributed by atoms with Crippen LogP contribution >= 0.6 is 0 Å². The number of nitrogens with one attached hydrogen (secondary N) is 2. The van der Waals surface area contributed by atoms with Crippen molar-refractivity contribution in [2.75, 3.05) is 5.32 Å². The molecule has 6 nitrogen and oxygen atoms in total. The third-order valence-corrected chi connectivity index (χ3v) is 2.95. The summed E-state index contributed by atoms with van der Waals surface area (Å²) in [6.07, 6.45) is -1.18. The fourth-order valence-electron chi connectivity index (χ4n) is 2.06. The first-order chi connectivity index (χ1) is 9.22. The average molecular weight is 280 g/mol. The summed E-state index contributed by atoms with van der Waals surface area (Å²) >= 11 is 0. The zero-order valence-corrected chi connectivity index (χ0v) is 12.0. The van der Waals surface area contributed by atoms with Crippen LogP contribution in [0.5, 0.6) is 0 Å². The Morgan fingerprint density at radius 3 is 2.05 bits per heavy atom. The van der Waals surface area contributed by atoms with Crippen LogP contribution in [-0.2, 0) is 4.79 Å². The highest BCUT2D eigenvalue weighted by molar-refractivity contribution is 5.93. The second-order valence-corrected chi connectivity index (χ2v) is 4.93. The summed E-state index contributed by atoms with van der Waals surface area (Å²) in [4.78, 5) is 22.7. The van der Waals surface area contributed by atoms with Gasteiger partial charge in [-0.3, -0.25) is 0 Å². The van der Waals surface area contributed by atoms with E-state index in [2.05, 4.69) is 10.6 Å². The molecule has 20 heavy (non-hydrogen) atoms. The maximum absolute atomic E-state index is 11.8. The van der Waals surface area contributed by atoms with Crippen LogP contribution < -0.4 is 10.6 Å². The third kappa shape index (κ3) is 3.96. The molecule has 0 saturated carbocycles. The molecule has 4 N–H and O–H groups in total. The van der Waals surface area contributed by atoms with Gasteiger partial charge in [-0.25, -0.2) is 9.59 Å². The van der Waals surface area contributed by atoms with Gasteiger partial charge in [0.05, 0.1) is 6.10 Å². The van der Waals surface area contributed by atoms with Crippen LogP contribution in [0.3, 0.4) is 0 Å². The second-order valence-electron chi connectivity index (χ2n) is 4.93. The molecule has 2 atom stereocenters. The molecule has 110 valence electrons. The average Bonchev–Trinajstić information content (AvgIpc) is 2.29. The molecule has 0 bridgehead atoms. The van der Waals surface area contributed by atoms with Crippen molar-refractivity contribution in [3.8, 4) is 0 Å². The molecule has 0 heterocycles. The van der Waals surface area contributed by atoms with E-state index in [-0.39, 0.29) is 0 Å². The Morgan fingerprint density at radius 1 is 1.15 bits per heavy atom. The van der Waals surface area contributed by atoms with Crippen molar-refractivity contribution < 1.29 is 19.8 Å². The first-order valence-electron chi connectivity index (χ1n) is 6.28. The van der Waals surface area contributed by atoms with Gasteiger partial charge in [-0.1, -0.05) is 17.7 Å². The van der Waals surface area contributed by atoms with Crippen molar-refractivity contribution in [3.05, 3.63) is 28.8 Å². The maximum Gasteiger partial charge on any atom is 0.328 e. The third-order valence-electron chi connectivity index (χ3n) is 2.95. The molecular formula is C14H20N2O4. The van der Waals surface area contributed by atoms with E-state index < -0.39 is 24.1 Å². The van der Waals surface area contributed by atoms with Crippen LogP contribution in [0, 0.1) is 20.8 Å². The van der Waals surface area contributed by atoms with Gasteiger partial charge in [0.1, 0.15) is 0 Å². The topological polar surface area (TPSA) is 98.7 Å². The van der Waals surface area contributed by atoms with Crippen LogP contribution in [0.1, 0.15) is 23.6 Å². The molecule has 0 spiro atoms. The number of anilines is 1. The number of carboxylic acid groups (broad SMARTS) is 1. The quantitative estimate of drug-likeness (QED) is 0.672. The van der Waals surface area contributed by atoms with Crippen molar-refractivity contribution in [3.63, 3.8) is 0 Å². The largest absolute Gasteiger partial charge is 0.480 e. The van der Waals surface area contributed by atoms with E-state index in [0.29, 0.717) is 5.69 Å². The summed E-state index contributed by atoms with van der Waals surface area (Å²) < 4.78 is 0. The van der Waals surface area contributed by atoms with E-state index in [1.807, 2.05) is 32.9 Å². The molecule has 0 unspecified atom stereocenters. The standard InChI is InChI=1S/C14H20N2O4/c1-7-5-8(2)11(9(3)6-7)15-14(20)16-12(10(4)17)13(18)19/h5-6,10,12,17H,1-4H3,(H,18,19)(H2,15,16,20)/t10-,12+/m1/s1. The van der Waals surface area contributed by atoms with Gasteiger partial charge in [0.2, 0.25) is 0 Å². The minimum absolute atomic E-state index is 0.642. The number of amides is 2. The summed E-state index contributed by atoms with van der Waals surface area (Å²) in [7, 11) is 0. The van der Waals surface area contributed by atoms with Gasteiger partial charge in [0, 0.05) is 5.69 Å². The van der Waals surface area contributed by atoms with Crippen LogP contribution in [0.15, 0.2) is 12.1 Å². The molecule has 6 heteroatoms. The number of rotatable bonds is 4. The molecule has 1 aromatic rings. The van der Waals surface area contributed by atoms with Crippen molar-refractivity contribution in [1.82, 2.24) is 5.32 Å². The highest BCUT2D eigenvalue weighted by atomic mass is 16.4. The summed E-state index contributed by atoms with van der Waals surface area (Å²) in [6, 6.07) is 1.84. The van der Waals surface area contributed by atoms with Crippen molar-refractivity contribution in [2.45, 2.75) is 39.8 Å². The van der Waals surface area contributed by atoms with E-state index >= 15 is 0 Å². The predicted octanol–water partition coefficient (Wildman–Crippen LogP) is 1.57. The predicted molar refractivity (Wildman–Crippen MR) is 75.9 cm³/mol. The van der Waals surface area contributed by atoms with Gasteiger partial charge in [-0.2, -0.15) is 0 Å². The molecule has 0 aliphatic rings. The molecule has 2 amide bonds. The fourth-order valence-corrected chi connectivity index (χ4v) is 2.06. The number of urea groups is 1. The maximum atomic E-state index is 11.8. The fraction of sp³-hybridized carbons (Fsp3) is 0.429. The Labute approximate surface area is 117 Å². The number of aryl methyl sites for hydroxylation is 3.